The fourth-order valence-electron chi connectivity index (χ4n) is 1.71. The third-order valence-electron chi connectivity index (χ3n) is 2.66. The summed E-state index contributed by atoms with van der Waals surface area (Å²) in [6.45, 7) is 2.20. The van der Waals surface area contributed by atoms with E-state index in [0.717, 1.165) is 12.8 Å². The molecule has 0 fully saturated rings. The maximum atomic E-state index is 11.0. The van der Waals surface area contributed by atoms with Gasteiger partial charge in [0.25, 0.3) is 0 Å². The maximum absolute atomic E-state index is 11.0. The molecule has 3 heteroatoms. The van der Waals surface area contributed by atoms with E-state index in [1.807, 2.05) is 0 Å². The molecular formula is C13H24O3. The largest absolute Gasteiger partial charge is 0.481 e. The number of Topliss-reactive ketones (excluding diaryl/α,β-unsaturated/α-hetero) is 1. The molecule has 0 unspecified atom stereocenters. The number of unbranched alkanes of at least 4 members (excludes halogenated alkanes) is 7. The first-order valence-electron chi connectivity index (χ1n) is 6.40. The molecule has 0 aromatic carbocycles. The van der Waals surface area contributed by atoms with E-state index in [0.29, 0.717) is 6.42 Å². The van der Waals surface area contributed by atoms with Gasteiger partial charge in [-0.3, -0.25) is 9.59 Å². The van der Waals surface area contributed by atoms with Crippen LogP contribution in [0, 0.1) is 0 Å². The Labute approximate surface area is 98.2 Å². The van der Waals surface area contributed by atoms with Crippen molar-refractivity contribution in [2.75, 3.05) is 0 Å². The fraction of sp³-hybridized carbons (Fsp3) is 0.846. The Bertz CT molecular complexity index is 199. The summed E-state index contributed by atoms with van der Waals surface area (Å²) in [5, 5.41) is 8.39. The number of carbonyl (C=O) groups excluding carboxylic acids is 1. The van der Waals surface area contributed by atoms with Gasteiger partial charge in [-0.15, -0.1) is 0 Å². The van der Waals surface area contributed by atoms with Gasteiger partial charge in [-0.05, 0) is 6.42 Å². The number of rotatable bonds is 11. The van der Waals surface area contributed by atoms with Crippen molar-refractivity contribution in [1.29, 1.82) is 0 Å². The monoisotopic (exact) mass is 228 g/mol. The molecular weight excluding hydrogens is 204 g/mol. The average molecular weight is 228 g/mol. The Morgan fingerprint density at radius 1 is 0.875 bits per heavy atom. The number of aliphatic carboxylic acids is 1. The van der Waals surface area contributed by atoms with Crippen LogP contribution in [0.3, 0.4) is 0 Å². The second-order valence-corrected chi connectivity index (χ2v) is 4.33. The molecule has 0 aliphatic heterocycles. The lowest BCUT2D eigenvalue weighted by Gasteiger charge is -2.00. The first-order valence-corrected chi connectivity index (χ1v) is 6.40. The van der Waals surface area contributed by atoms with Crippen molar-refractivity contribution in [2.24, 2.45) is 0 Å². The fourth-order valence-corrected chi connectivity index (χ4v) is 1.71. The standard InChI is InChI=1S/C13H24O3/c1-2-3-4-5-6-7-8-9-10-12(14)11-13(15)16/h2-11H2,1H3,(H,15,16). The highest BCUT2D eigenvalue weighted by Crippen LogP contribution is 2.10. The Balaban J connectivity index is 3.14. The van der Waals surface area contributed by atoms with Gasteiger partial charge in [-0.2, -0.15) is 0 Å². The van der Waals surface area contributed by atoms with Crippen LogP contribution >= 0.6 is 0 Å². The summed E-state index contributed by atoms with van der Waals surface area (Å²) in [5.74, 6) is -1.15. The van der Waals surface area contributed by atoms with E-state index in [2.05, 4.69) is 6.92 Å². The summed E-state index contributed by atoms with van der Waals surface area (Å²) in [7, 11) is 0. The smallest absolute Gasteiger partial charge is 0.310 e. The zero-order chi connectivity index (χ0) is 12.2. The SMILES string of the molecule is CCCCCCCCCCC(=O)CC(=O)O. The van der Waals surface area contributed by atoms with Crippen molar-refractivity contribution in [3.05, 3.63) is 0 Å². The average Bonchev–Trinajstić information content (AvgIpc) is 2.21. The van der Waals surface area contributed by atoms with E-state index in [1.165, 1.54) is 38.5 Å². The van der Waals surface area contributed by atoms with Gasteiger partial charge in [0, 0.05) is 6.42 Å². The molecule has 0 atom stereocenters. The predicted molar refractivity (Wildman–Crippen MR) is 64.5 cm³/mol. The van der Waals surface area contributed by atoms with Crippen molar-refractivity contribution in [3.8, 4) is 0 Å². The van der Waals surface area contributed by atoms with Gasteiger partial charge in [0.2, 0.25) is 0 Å². The number of carboxylic acid groups (broad SMARTS) is 1. The number of hydrogen-bond acceptors (Lipinski definition) is 2. The molecule has 0 aromatic heterocycles. The van der Waals surface area contributed by atoms with E-state index < -0.39 is 5.97 Å². The highest BCUT2D eigenvalue weighted by atomic mass is 16.4. The van der Waals surface area contributed by atoms with E-state index in [-0.39, 0.29) is 12.2 Å². The molecule has 0 aliphatic rings. The Hall–Kier alpha value is -0.860. The molecule has 0 amide bonds. The second-order valence-electron chi connectivity index (χ2n) is 4.33. The van der Waals surface area contributed by atoms with Crippen molar-refractivity contribution in [3.63, 3.8) is 0 Å². The lowest BCUT2D eigenvalue weighted by Crippen LogP contribution is -2.05. The maximum Gasteiger partial charge on any atom is 0.310 e. The highest BCUT2D eigenvalue weighted by molar-refractivity contribution is 5.94. The quantitative estimate of drug-likeness (QED) is 0.434. The predicted octanol–water partition coefficient (Wildman–Crippen LogP) is 3.56. The van der Waals surface area contributed by atoms with Crippen LogP contribution < -0.4 is 0 Å². The van der Waals surface area contributed by atoms with Gasteiger partial charge >= 0.3 is 5.97 Å². The third-order valence-corrected chi connectivity index (χ3v) is 2.66. The van der Waals surface area contributed by atoms with Gasteiger partial charge in [-0.25, -0.2) is 0 Å². The minimum atomic E-state index is -1.01. The molecule has 1 N–H and O–H groups in total. The normalized spacial score (nSPS) is 10.3. The van der Waals surface area contributed by atoms with Gasteiger partial charge in [0.05, 0.1) is 0 Å². The first kappa shape index (κ1) is 15.1. The van der Waals surface area contributed by atoms with Gasteiger partial charge in [0.15, 0.2) is 0 Å². The van der Waals surface area contributed by atoms with Crippen LogP contribution in [-0.2, 0) is 9.59 Å². The van der Waals surface area contributed by atoms with E-state index in [1.54, 1.807) is 0 Å². The van der Waals surface area contributed by atoms with E-state index in [9.17, 15) is 9.59 Å². The lowest BCUT2D eigenvalue weighted by atomic mass is 10.1. The summed E-state index contributed by atoms with van der Waals surface area (Å²) in [6, 6.07) is 0. The zero-order valence-corrected chi connectivity index (χ0v) is 10.3. The summed E-state index contributed by atoms with van der Waals surface area (Å²) < 4.78 is 0. The summed E-state index contributed by atoms with van der Waals surface area (Å²) >= 11 is 0. The summed E-state index contributed by atoms with van der Waals surface area (Å²) in [4.78, 5) is 21.3. The van der Waals surface area contributed by atoms with Crippen molar-refractivity contribution in [1.82, 2.24) is 0 Å². The minimum Gasteiger partial charge on any atom is -0.481 e. The van der Waals surface area contributed by atoms with Crippen molar-refractivity contribution in [2.45, 2.75) is 71.1 Å². The Morgan fingerprint density at radius 3 is 1.88 bits per heavy atom. The Kier molecular flexibility index (Phi) is 10.1. The summed E-state index contributed by atoms with van der Waals surface area (Å²) in [5.41, 5.74) is 0. The van der Waals surface area contributed by atoms with Crippen molar-refractivity contribution >= 4 is 11.8 Å². The van der Waals surface area contributed by atoms with Crippen LogP contribution in [0.2, 0.25) is 0 Å². The molecule has 0 aliphatic carbocycles. The molecule has 0 aromatic rings. The van der Waals surface area contributed by atoms with E-state index >= 15 is 0 Å². The van der Waals surface area contributed by atoms with Crippen LogP contribution in [0.1, 0.15) is 71.1 Å². The number of hydrogen-bond donors (Lipinski definition) is 1. The molecule has 0 saturated heterocycles. The molecule has 94 valence electrons. The molecule has 16 heavy (non-hydrogen) atoms. The second kappa shape index (κ2) is 10.7. The summed E-state index contributed by atoms with van der Waals surface area (Å²) in [6.07, 6.45) is 9.62. The number of carboxylic acids is 1. The van der Waals surface area contributed by atoms with Gasteiger partial charge in [-0.1, -0.05) is 51.9 Å². The van der Waals surface area contributed by atoms with Crippen LogP contribution in [0.4, 0.5) is 0 Å². The molecule has 0 bridgehead atoms. The molecule has 0 saturated carbocycles. The molecule has 0 heterocycles. The molecule has 0 radical (unpaired) electrons. The molecule has 0 rings (SSSR count). The minimum absolute atomic E-state index is 0.140. The highest BCUT2D eigenvalue weighted by Gasteiger charge is 2.06. The topological polar surface area (TPSA) is 54.4 Å². The van der Waals surface area contributed by atoms with Crippen LogP contribution in [0.25, 0.3) is 0 Å². The third kappa shape index (κ3) is 11.2. The number of ketones is 1. The first-order chi connectivity index (χ1) is 7.66. The number of carbonyl (C=O) groups is 2. The van der Waals surface area contributed by atoms with Crippen molar-refractivity contribution < 1.29 is 14.7 Å². The van der Waals surface area contributed by atoms with Crippen LogP contribution in [-0.4, -0.2) is 16.9 Å². The van der Waals surface area contributed by atoms with Gasteiger partial charge in [0.1, 0.15) is 12.2 Å². The van der Waals surface area contributed by atoms with E-state index in [4.69, 9.17) is 5.11 Å². The Morgan fingerprint density at radius 2 is 1.38 bits per heavy atom. The van der Waals surface area contributed by atoms with Crippen LogP contribution in [0.5, 0.6) is 0 Å². The van der Waals surface area contributed by atoms with Crippen LogP contribution in [0.15, 0.2) is 0 Å². The molecule has 0 spiro atoms. The van der Waals surface area contributed by atoms with Gasteiger partial charge < -0.3 is 5.11 Å². The molecule has 3 nitrogen and oxygen atoms in total. The lowest BCUT2D eigenvalue weighted by molar-refractivity contribution is -0.140. The zero-order valence-electron chi connectivity index (χ0n) is 10.3.